The fraction of sp³-hybridized carbons (Fsp3) is 0.609. The summed E-state index contributed by atoms with van der Waals surface area (Å²) in [6, 6.07) is 5.10. The second-order valence-corrected chi connectivity index (χ2v) is 10.4. The molecule has 1 aromatic rings. The van der Waals surface area contributed by atoms with Gasteiger partial charge in [0.2, 0.25) is 11.8 Å². The minimum Gasteiger partial charge on any atom is -0.466 e. The third kappa shape index (κ3) is 3.26. The second-order valence-electron chi connectivity index (χ2n) is 8.87. The topological polar surface area (TPSA) is 95.9 Å². The van der Waals surface area contributed by atoms with E-state index >= 15 is 0 Å². The number of anilines is 1. The van der Waals surface area contributed by atoms with Gasteiger partial charge in [-0.15, -0.1) is 11.8 Å². The van der Waals surface area contributed by atoms with Gasteiger partial charge in [0.15, 0.2) is 0 Å². The number of likely N-dealkylation sites (tertiary alicyclic amines) is 1. The number of hydrogen-bond acceptors (Lipinski definition) is 6. The van der Waals surface area contributed by atoms with Crippen LogP contribution in [0.15, 0.2) is 18.2 Å². The lowest BCUT2D eigenvalue weighted by molar-refractivity contribution is -0.154. The van der Waals surface area contributed by atoms with Crippen LogP contribution >= 0.6 is 11.8 Å². The molecular weight excluding hydrogens is 416 g/mol. The number of carbonyl (C=O) groups is 3. The maximum atomic E-state index is 13.7. The molecule has 0 aliphatic carbocycles. The molecule has 2 N–H and O–H groups in total. The highest BCUT2D eigenvalue weighted by molar-refractivity contribution is 8.02. The zero-order chi connectivity index (χ0) is 22.5. The molecule has 6 atom stereocenters. The molecule has 2 bridgehead atoms. The first-order valence-electron chi connectivity index (χ1n) is 10.9. The third-order valence-electron chi connectivity index (χ3n) is 7.04. The van der Waals surface area contributed by atoms with Gasteiger partial charge >= 0.3 is 5.97 Å². The fourth-order valence-corrected chi connectivity index (χ4v) is 8.16. The summed E-state index contributed by atoms with van der Waals surface area (Å²) in [5, 5.41) is 12.7. The van der Waals surface area contributed by atoms with Gasteiger partial charge in [-0.3, -0.25) is 14.4 Å². The van der Waals surface area contributed by atoms with Crippen LogP contribution in [0.2, 0.25) is 0 Å². The Bertz CT molecular complexity index is 921. The quantitative estimate of drug-likeness (QED) is 0.650. The number of amides is 2. The molecule has 0 radical (unpaired) electrons. The molecule has 4 rings (SSSR count). The van der Waals surface area contributed by atoms with E-state index in [1.807, 2.05) is 32.0 Å². The number of hydrogen-bond donors (Lipinski definition) is 2. The van der Waals surface area contributed by atoms with Crippen molar-refractivity contribution in [2.75, 3.05) is 25.1 Å². The first kappa shape index (κ1) is 22.1. The van der Waals surface area contributed by atoms with Crippen LogP contribution in [0.25, 0.3) is 0 Å². The number of aliphatic hydroxyl groups excluding tert-OH is 1. The van der Waals surface area contributed by atoms with Gasteiger partial charge in [0.05, 0.1) is 29.8 Å². The van der Waals surface area contributed by atoms with E-state index < -0.39 is 22.6 Å². The Kier molecular flexibility index (Phi) is 5.81. The predicted octanol–water partition coefficient (Wildman–Crippen LogP) is 2.13. The maximum Gasteiger partial charge on any atom is 0.310 e. The van der Waals surface area contributed by atoms with Gasteiger partial charge in [-0.2, -0.15) is 0 Å². The average Bonchev–Trinajstić information content (AvgIpc) is 3.29. The maximum absolute atomic E-state index is 13.7. The average molecular weight is 447 g/mol. The van der Waals surface area contributed by atoms with Crippen LogP contribution in [0.4, 0.5) is 5.69 Å². The highest BCUT2D eigenvalue weighted by Crippen LogP contribution is 2.68. The Morgan fingerprint density at radius 1 is 1.35 bits per heavy atom. The fourth-order valence-electron chi connectivity index (χ4n) is 5.75. The van der Waals surface area contributed by atoms with E-state index in [2.05, 4.69) is 12.2 Å². The van der Waals surface area contributed by atoms with Crippen molar-refractivity contribution in [3.63, 3.8) is 0 Å². The van der Waals surface area contributed by atoms with Crippen LogP contribution in [-0.4, -0.2) is 63.6 Å². The Balaban J connectivity index is 1.74. The number of nitrogens with zero attached hydrogens (tertiary/aromatic N) is 1. The summed E-state index contributed by atoms with van der Waals surface area (Å²) < 4.78 is 4.61. The number of aryl methyl sites for hydroxylation is 2. The predicted molar refractivity (Wildman–Crippen MR) is 119 cm³/mol. The number of carbonyl (C=O) groups excluding carboxylic acids is 3. The number of thioether (sulfide) groups is 1. The van der Waals surface area contributed by atoms with Crippen LogP contribution in [0.5, 0.6) is 0 Å². The molecule has 168 valence electrons. The van der Waals surface area contributed by atoms with E-state index in [1.165, 1.54) is 4.90 Å². The Hall–Kier alpha value is -2.06. The molecule has 1 spiro atoms. The zero-order valence-electron chi connectivity index (χ0n) is 18.4. The van der Waals surface area contributed by atoms with Crippen molar-refractivity contribution in [1.29, 1.82) is 0 Å². The van der Waals surface area contributed by atoms with Crippen molar-refractivity contribution in [3.8, 4) is 0 Å². The molecule has 31 heavy (non-hydrogen) atoms. The lowest BCUT2D eigenvalue weighted by Gasteiger charge is -2.38. The lowest BCUT2D eigenvalue weighted by Crippen LogP contribution is -2.55. The smallest absolute Gasteiger partial charge is 0.310 e. The Morgan fingerprint density at radius 3 is 2.77 bits per heavy atom. The van der Waals surface area contributed by atoms with Gasteiger partial charge in [0.1, 0.15) is 6.04 Å². The summed E-state index contributed by atoms with van der Waals surface area (Å²) >= 11 is 1.60. The van der Waals surface area contributed by atoms with Crippen molar-refractivity contribution >= 4 is 35.2 Å². The molecule has 2 amide bonds. The summed E-state index contributed by atoms with van der Waals surface area (Å²) in [5.41, 5.74) is 2.68. The minimum atomic E-state index is -0.749. The van der Waals surface area contributed by atoms with Crippen LogP contribution in [0.1, 0.15) is 31.4 Å². The Labute approximate surface area is 186 Å². The standard InChI is InChI=1S/C23H30N2O5S/c1-5-30-22(29)17-16-11-14(4)23(31-16)18(17)21(28)25(8-9-26)19(23)20(27)24-15-10-12(2)6-7-13(15)3/h6-7,10,14,16-19,26H,5,8-9,11H2,1-4H3,(H,24,27)/t14?,16-,17+,18+,19?,23?/m1/s1. The molecule has 3 aliphatic heterocycles. The highest BCUT2D eigenvalue weighted by atomic mass is 32.2. The normalized spacial score (nSPS) is 33.5. The highest BCUT2D eigenvalue weighted by Gasteiger charge is 2.76. The van der Waals surface area contributed by atoms with Gasteiger partial charge in [-0.05, 0) is 50.3 Å². The van der Waals surface area contributed by atoms with Crippen molar-refractivity contribution in [3.05, 3.63) is 29.3 Å². The molecule has 1 aromatic carbocycles. The van der Waals surface area contributed by atoms with E-state index in [0.717, 1.165) is 17.5 Å². The molecule has 3 fully saturated rings. The van der Waals surface area contributed by atoms with Gasteiger partial charge in [0, 0.05) is 17.5 Å². The molecular formula is C23H30N2O5S. The second kappa shape index (κ2) is 8.13. The number of rotatable bonds is 6. The monoisotopic (exact) mass is 446 g/mol. The van der Waals surface area contributed by atoms with Crippen LogP contribution in [0, 0.1) is 31.6 Å². The van der Waals surface area contributed by atoms with Crippen molar-refractivity contribution in [1.82, 2.24) is 4.90 Å². The van der Waals surface area contributed by atoms with Crippen molar-refractivity contribution in [2.45, 2.75) is 50.2 Å². The lowest BCUT2D eigenvalue weighted by atomic mass is 9.66. The van der Waals surface area contributed by atoms with Gasteiger partial charge in [-0.25, -0.2) is 0 Å². The van der Waals surface area contributed by atoms with E-state index in [0.29, 0.717) is 5.69 Å². The van der Waals surface area contributed by atoms with Crippen molar-refractivity contribution < 1.29 is 24.2 Å². The largest absolute Gasteiger partial charge is 0.466 e. The molecule has 3 aliphatic rings. The van der Waals surface area contributed by atoms with E-state index in [-0.39, 0.29) is 48.7 Å². The number of fused-ring (bicyclic) bond motifs is 1. The number of esters is 1. The zero-order valence-corrected chi connectivity index (χ0v) is 19.2. The molecule has 8 heteroatoms. The third-order valence-corrected chi connectivity index (χ3v) is 9.12. The molecule has 0 saturated carbocycles. The summed E-state index contributed by atoms with van der Waals surface area (Å²) in [5.74, 6) is -1.91. The van der Waals surface area contributed by atoms with Gasteiger partial charge in [0.25, 0.3) is 0 Å². The number of aliphatic hydroxyl groups is 1. The summed E-state index contributed by atoms with van der Waals surface area (Å²) in [6.07, 6.45) is 0.762. The van der Waals surface area contributed by atoms with Crippen LogP contribution < -0.4 is 5.32 Å². The minimum absolute atomic E-state index is 0.0321. The molecule has 0 aromatic heterocycles. The van der Waals surface area contributed by atoms with Crippen LogP contribution in [0.3, 0.4) is 0 Å². The van der Waals surface area contributed by atoms with Gasteiger partial charge < -0.3 is 20.1 Å². The van der Waals surface area contributed by atoms with Crippen LogP contribution in [-0.2, 0) is 19.1 Å². The SMILES string of the molecule is CCOC(=O)[C@@H]1[C@H]2C(=O)N(CCO)C(C(=O)Nc3cc(C)ccc3C)C23S[C@@H]1CC3C. The summed E-state index contributed by atoms with van der Waals surface area (Å²) in [6.45, 7) is 7.79. The summed E-state index contributed by atoms with van der Waals surface area (Å²) in [4.78, 5) is 41.5. The summed E-state index contributed by atoms with van der Waals surface area (Å²) in [7, 11) is 0. The van der Waals surface area contributed by atoms with E-state index in [4.69, 9.17) is 4.74 Å². The van der Waals surface area contributed by atoms with Crippen molar-refractivity contribution in [2.24, 2.45) is 17.8 Å². The molecule has 3 unspecified atom stereocenters. The number of ether oxygens (including phenoxy) is 1. The Morgan fingerprint density at radius 2 is 2.10 bits per heavy atom. The molecule has 3 heterocycles. The molecule has 3 saturated heterocycles. The first-order chi connectivity index (χ1) is 14.8. The van der Waals surface area contributed by atoms with E-state index in [1.54, 1.807) is 18.7 Å². The van der Waals surface area contributed by atoms with E-state index in [9.17, 15) is 19.5 Å². The van der Waals surface area contributed by atoms with Gasteiger partial charge in [-0.1, -0.05) is 19.1 Å². The molecule has 7 nitrogen and oxygen atoms in total. The number of β-amino-alcohol motifs (C(OH)–C–C–N with tert-alkyl or cyclic N) is 1. The number of benzene rings is 1. The number of nitrogens with one attached hydrogen (secondary N) is 1. The first-order valence-corrected chi connectivity index (χ1v) is 11.8.